The van der Waals surface area contributed by atoms with E-state index >= 15 is 0 Å². The van der Waals surface area contributed by atoms with Crippen LogP contribution in [0.5, 0.6) is 0 Å². The van der Waals surface area contributed by atoms with E-state index in [1.807, 2.05) is 0 Å². The van der Waals surface area contributed by atoms with Gasteiger partial charge < -0.3 is 10.1 Å². The Balaban J connectivity index is 1.90. The van der Waals surface area contributed by atoms with Gasteiger partial charge >= 0.3 is 0 Å². The Bertz CT molecular complexity index is 388. The fourth-order valence-electron chi connectivity index (χ4n) is 1.55. The lowest BCUT2D eigenvalue weighted by Gasteiger charge is -2.09. The normalized spacial score (nSPS) is 20.0. The van der Waals surface area contributed by atoms with Crippen LogP contribution in [0.4, 0.5) is 0 Å². The van der Waals surface area contributed by atoms with Crippen molar-refractivity contribution in [1.82, 2.24) is 15.5 Å². The van der Waals surface area contributed by atoms with E-state index in [4.69, 9.17) is 4.74 Å². The molecule has 5 nitrogen and oxygen atoms in total. The Hall–Kier alpha value is -0.400. The molecule has 1 aliphatic heterocycles. The molecule has 16 heavy (non-hydrogen) atoms. The lowest BCUT2D eigenvalue weighted by Crippen LogP contribution is -2.32. The number of aromatic nitrogens is 2. The molecule has 1 saturated heterocycles. The van der Waals surface area contributed by atoms with Crippen LogP contribution in [-0.4, -0.2) is 35.4 Å². The van der Waals surface area contributed by atoms with Crippen molar-refractivity contribution in [2.45, 2.75) is 18.9 Å². The highest BCUT2D eigenvalue weighted by Gasteiger charge is 2.20. The predicted molar refractivity (Wildman–Crippen MR) is 65.3 cm³/mol. The van der Waals surface area contributed by atoms with E-state index in [-0.39, 0.29) is 12.0 Å². The molecular formula is C9H11Br2N3O2. The highest BCUT2D eigenvalue weighted by atomic mass is 79.9. The standard InChI is InChI=1S/C9H11Br2N3O2/c10-6-7(13-14-8(6)11)9(15)12-4-5-2-1-3-16-5/h5H,1-4H2,(H,12,15)(H,13,14). The predicted octanol–water partition coefficient (Wildman–Crippen LogP) is 1.84. The molecule has 0 saturated carbocycles. The first-order chi connectivity index (χ1) is 7.68. The van der Waals surface area contributed by atoms with E-state index < -0.39 is 0 Å². The summed E-state index contributed by atoms with van der Waals surface area (Å²) in [6, 6.07) is 0. The van der Waals surface area contributed by atoms with Gasteiger partial charge in [-0.3, -0.25) is 9.89 Å². The highest BCUT2D eigenvalue weighted by molar-refractivity contribution is 9.13. The van der Waals surface area contributed by atoms with Crippen LogP contribution in [0.3, 0.4) is 0 Å². The number of amides is 1. The third kappa shape index (κ3) is 2.64. The number of nitrogens with one attached hydrogen (secondary N) is 2. The summed E-state index contributed by atoms with van der Waals surface area (Å²) in [6.07, 6.45) is 2.22. The second-order valence-corrected chi connectivity index (χ2v) is 5.13. The number of hydrogen-bond donors (Lipinski definition) is 2. The molecule has 2 rings (SSSR count). The number of rotatable bonds is 3. The van der Waals surface area contributed by atoms with Gasteiger partial charge in [0.2, 0.25) is 0 Å². The molecular weight excluding hydrogens is 342 g/mol. The zero-order valence-corrected chi connectivity index (χ0v) is 11.6. The summed E-state index contributed by atoms with van der Waals surface area (Å²) in [5.41, 5.74) is 0.352. The number of hydrogen-bond acceptors (Lipinski definition) is 3. The summed E-state index contributed by atoms with van der Waals surface area (Å²) in [6.45, 7) is 1.33. The average molecular weight is 353 g/mol. The molecule has 1 aromatic heterocycles. The first kappa shape index (κ1) is 12.1. The van der Waals surface area contributed by atoms with Gasteiger partial charge in [0.15, 0.2) is 5.69 Å². The lowest BCUT2D eigenvalue weighted by atomic mass is 10.2. The van der Waals surface area contributed by atoms with Crippen molar-refractivity contribution in [3.8, 4) is 0 Å². The summed E-state index contributed by atoms with van der Waals surface area (Å²) in [7, 11) is 0. The average Bonchev–Trinajstić information content (AvgIpc) is 2.88. The molecule has 2 heterocycles. The Kier molecular flexibility index (Phi) is 3.99. The molecule has 0 radical (unpaired) electrons. The molecule has 1 aromatic rings. The van der Waals surface area contributed by atoms with E-state index in [2.05, 4.69) is 47.4 Å². The van der Waals surface area contributed by atoms with Gasteiger partial charge in [-0.1, -0.05) is 0 Å². The molecule has 1 atom stereocenters. The van der Waals surface area contributed by atoms with Gasteiger partial charge in [0, 0.05) is 13.2 Å². The van der Waals surface area contributed by atoms with Gasteiger partial charge in [0.25, 0.3) is 5.91 Å². The minimum Gasteiger partial charge on any atom is -0.376 e. The van der Waals surface area contributed by atoms with Crippen molar-refractivity contribution in [1.29, 1.82) is 0 Å². The number of aromatic amines is 1. The van der Waals surface area contributed by atoms with Crippen molar-refractivity contribution < 1.29 is 9.53 Å². The van der Waals surface area contributed by atoms with Crippen LogP contribution >= 0.6 is 31.9 Å². The third-order valence-corrected chi connectivity index (χ3v) is 4.27. The quantitative estimate of drug-likeness (QED) is 0.872. The number of nitrogens with zero attached hydrogens (tertiary/aromatic N) is 1. The van der Waals surface area contributed by atoms with Gasteiger partial charge in [-0.25, -0.2) is 0 Å². The van der Waals surface area contributed by atoms with Crippen molar-refractivity contribution in [3.05, 3.63) is 14.8 Å². The molecule has 1 fully saturated rings. The van der Waals surface area contributed by atoms with E-state index in [0.717, 1.165) is 19.4 Å². The molecule has 1 unspecified atom stereocenters. The first-order valence-electron chi connectivity index (χ1n) is 4.97. The fraction of sp³-hybridized carbons (Fsp3) is 0.556. The first-order valence-corrected chi connectivity index (χ1v) is 6.56. The maximum atomic E-state index is 11.7. The Morgan fingerprint density at radius 3 is 3.00 bits per heavy atom. The van der Waals surface area contributed by atoms with Crippen LogP contribution in [0.15, 0.2) is 9.08 Å². The second-order valence-electron chi connectivity index (χ2n) is 3.55. The molecule has 2 N–H and O–H groups in total. The summed E-state index contributed by atoms with van der Waals surface area (Å²) in [4.78, 5) is 11.7. The largest absolute Gasteiger partial charge is 0.376 e. The lowest BCUT2D eigenvalue weighted by molar-refractivity contribution is 0.0853. The number of carbonyl (C=O) groups is 1. The minimum atomic E-state index is -0.204. The monoisotopic (exact) mass is 351 g/mol. The SMILES string of the molecule is O=C(NCC1CCCO1)c1n[nH]c(Br)c1Br. The minimum absolute atomic E-state index is 0.144. The van der Waals surface area contributed by atoms with Crippen molar-refractivity contribution >= 4 is 37.8 Å². The smallest absolute Gasteiger partial charge is 0.273 e. The van der Waals surface area contributed by atoms with Gasteiger partial charge in [0.1, 0.15) is 4.60 Å². The molecule has 0 bridgehead atoms. The fourth-order valence-corrected chi connectivity index (χ4v) is 2.19. The Morgan fingerprint density at radius 1 is 1.62 bits per heavy atom. The molecule has 0 aliphatic carbocycles. The van der Waals surface area contributed by atoms with Crippen LogP contribution in [-0.2, 0) is 4.74 Å². The Morgan fingerprint density at radius 2 is 2.44 bits per heavy atom. The molecule has 0 spiro atoms. The number of ether oxygens (including phenoxy) is 1. The van der Waals surface area contributed by atoms with Crippen LogP contribution in [0.25, 0.3) is 0 Å². The Labute approximate surface area is 110 Å². The molecule has 1 amide bonds. The van der Waals surface area contributed by atoms with E-state index in [9.17, 15) is 4.79 Å². The van der Waals surface area contributed by atoms with Crippen molar-refractivity contribution in [2.24, 2.45) is 0 Å². The van der Waals surface area contributed by atoms with Crippen LogP contribution in [0.2, 0.25) is 0 Å². The summed E-state index contributed by atoms with van der Waals surface area (Å²) < 4.78 is 6.71. The molecule has 1 aliphatic rings. The van der Waals surface area contributed by atoms with Crippen LogP contribution in [0, 0.1) is 0 Å². The van der Waals surface area contributed by atoms with Gasteiger partial charge in [-0.15, -0.1) is 0 Å². The molecule has 7 heteroatoms. The second kappa shape index (κ2) is 5.29. The maximum Gasteiger partial charge on any atom is 0.273 e. The highest BCUT2D eigenvalue weighted by Crippen LogP contribution is 2.23. The van der Waals surface area contributed by atoms with Gasteiger partial charge in [-0.2, -0.15) is 5.10 Å². The topological polar surface area (TPSA) is 67.0 Å². The van der Waals surface area contributed by atoms with Crippen molar-refractivity contribution in [2.75, 3.05) is 13.2 Å². The third-order valence-electron chi connectivity index (χ3n) is 2.40. The van der Waals surface area contributed by atoms with E-state index in [1.165, 1.54) is 0 Å². The number of carbonyl (C=O) groups excluding carboxylic acids is 1. The van der Waals surface area contributed by atoms with Gasteiger partial charge in [0.05, 0.1) is 10.6 Å². The van der Waals surface area contributed by atoms with Crippen LogP contribution in [0.1, 0.15) is 23.3 Å². The summed E-state index contributed by atoms with van der Waals surface area (Å²) >= 11 is 6.50. The zero-order chi connectivity index (χ0) is 11.5. The zero-order valence-electron chi connectivity index (χ0n) is 8.43. The van der Waals surface area contributed by atoms with Crippen molar-refractivity contribution in [3.63, 3.8) is 0 Å². The maximum absolute atomic E-state index is 11.7. The molecule has 88 valence electrons. The van der Waals surface area contributed by atoms with Crippen LogP contribution < -0.4 is 5.32 Å². The van der Waals surface area contributed by atoms with E-state index in [0.29, 0.717) is 21.3 Å². The van der Waals surface area contributed by atoms with Gasteiger partial charge in [-0.05, 0) is 44.7 Å². The summed E-state index contributed by atoms with van der Waals surface area (Å²) in [5.74, 6) is -0.204. The number of halogens is 2. The number of H-pyrrole nitrogens is 1. The summed E-state index contributed by atoms with van der Waals surface area (Å²) in [5, 5.41) is 9.36. The molecule has 0 aromatic carbocycles. The van der Waals surface area contributed by atoms with E-state index in [1.54, 1.807) is 0 Å².